The van der Waals surface area contributed by atoms with E-state index in [0.29, 0.717) is 41.6 Å². The second-order valence-corrected chi connectivity index (χ2v) is 12.2. The van der Waals surface area contributed by atoms with Gasteiger partial charge in [-0.3, -0.25) is 13.9 Å². The van der Waals surface area contributed by atoms with Crippen LogP contribution in [-0.2, 0) is 26.2 Å². The van der Waals surface area contributed by atoms with Crippen molar-refractivity contribution >= 4 is 39.1 Å². The van der Waals surface area contributed by atoms with E-state index in [9.17, 15) is 18.0 Å². The van der Waals surface area contributed by atoms with E-state index in [1.165, 1.54) is 17.0 Å². The number of anilines is 1. The summed E-state index contributed by atoms with van der Waals surface area (Å²) in [5, 5.41) is 3.38. The maximum atomic E-state index is 14.1. The third-order valence-electron chi connectivity index (χ3n) is 6.84. The fraction of sp³-hybridized carbons (Fsp3) is 0.375. The average Bonchev–Trinajstić information content (AvgIpc) is 2.97. The van der Waals surface area contributed by atoms with Crippen LogP contribution < -0.4 is 14.4 Å². The van der Waals surface area contributed by atoms with Gasteiger partial charge in [0.25, 0.3) is 10.0 Å². The van der Waals surface area contributed by atoms with E-state index in [-0.39, 0.29) is 17.3 Å². The molecule has 42 heavy (non-hydrogen) atoms. The molecule has 0 aliphatic rings. The van der Waals surface area contributed by atoms with E-state index >= 15 is 0 Å². The number of nitrogens with one attached hydrogen (secondary N) is 1. The number of benzene rings is 3. The Morgan fingerprint density at radius 2 is 1.62 bits per heavy atom. The Bertz CT molecular complexity index is 1430. The first-order valence-electron chi connectivity index (χ1n) is 14.2. The maximum absolute atomic E-state index is 14.1. The van der Waals surface area contributed by atoms with Crippen molar-refractivity contribution in [1.82, 2.24) is 10.2 Å². The van der Waals surface area contributed by atoms with E-state index in [1.807, 2.05) is 27.7 Å². The highest BCUT2D eigenvalue weighted by molar-refractivity contribution is 7.92. The monoisotopic (exact) mass is 613 g/mol. The van der Waals surface area contributed by atoms with Crippen molar-refractivity contribution < 1.29 is 22.7 Å². The van der Waals surface area contributed by atoms with Crippen molar-refractivity contribution in [3.8, 4) is 5.75 Å². The van der Waals surface area contributed by atoms with Crippen LogP contribution in [0.3, 0.4) is 0 Å². The van der Waals surface area contributed by atoms with Crippen molar-refractivity contribution in [3.63, 3.8) is 0 Å². The van der Waals surface area contributed by atoms with E-state index < -0.39 is 28.5 Å². The fourth-order valence-electron chi connectivity index (χ4n) is 4.48. The molecule has 2 amide bonds. The van der Waals surface area contributed by atoms with Crippen LogP contribution in [0.25, 0.3) is 0 Å². The summed E-state index contributed by atoms with van der Waals surface area (Å²) in [4.78, 5) is 28.9. The largest absolute Gasteiger partial charge is 0.494 e. The number of amides is 2. The van der Waals surface area contributed by atoms with Gasteiger partial charge in [-0.25, -0.2) is 8.42 Å². The molecule has 0 heterocycles. The van der Waals surface area contributed by atoms with Crippen LogP contribution in [0.2, 0.25) is 5.02 Å². The lowest BCUT2D eigenvalue weighted by atomic mass is 10.1. The van der Waals surface area contributed by atoms with Gasteiger partial charge in [-0.05, 0) is 74.7 Å². The average molecular weight is 614 g/mol. The molecule has 0 radical (unpaired) electrons. The SMILES string of the molecule is CCCCNC(=O)C(CC)N(Cc1ccccc1Cl)C(=O)CN(c1ccc(C)cc1)S(=O)(=O)c1ccc(OCC)cc1. The first-order valence-corrected chi connectivity index (χ1v) is 16.1. The Labute approximate surface area is 254 Å². The number of halogens is 1. The van der Waals surface area contributed by atoms with Gasteiger partial charge in [-0.15, -0.1) is 0 Å². The molecule has 0 aliphatic carbocycles. The molecule has 0 aromatic heterocycles. The number of carbonyl (C=O) groups excluding carboxylic acids is 2. The van der Waals surface area contributed by atoms with Crippen molar-refractivity contribution in [3.05, 3.63) is 88.9 Å². The molecule has 226 valence electrons. The van der Waals surface area contributed by atoms with E-state index in [4.69, 9.17) is 16.3 Å². The quantitative estimate of drug-likeness (QED) is 0.213. The summed E-state index contributed by atoms with van der Waals surface area (Å²) in [6, 6.07) is 19.3. The van der Waals surface area contributed by atoms with Gasteiger partial charge in [0.2, 0.25) is 11.8 Å². The van der Waals surface area contributed by atoms with Gasteiger partial charge >= 0.3 is 0 Å². The predicted octanol–water partition coefficient (Wildman–Crippen LogP) is 5.97. The minimum absolute atomic E-state index is 0.0151. The smallest absolute Gasteiger partial charge is 0.264 e. The molecule has 0 saturated carbocycles. The minimum atomic E-state index is -4.17. The Hall–Kier alpha value is -3.56. The maximum Gasteiger partial charge on any atom is 0.264 e. The summed E-state index contributed by atoms with van der Waals surface area (Å²) in [6.45, 7) is 8.06. The van der Waals surface area contributed by atoms with Gasteiger partial charge in [0.05, 0.1) is 17.2 Å². The second kappa shape index (κ2) is 15.6. The lowest BCUT2D eigenvalue weighted by Gasteiger charge is -2.33. The standard InChI is InChI=1S/C32H40ClN3O5S/c1-5-8-21-34-32(38)30(6-2)35(22-25-11-9-10-12-29(25)33)31(37)23-36(26-15-13-24(4)14-16-26)42(39,40)28-19-17-27(18-20-28)41-7-3/h9-20,30H,5-8,21-23H2,1-4H3,(H,34,38). The summed E-state index contributed by atoms with van der Waals surface area (Å²) in [7, 11) is -4.17. The number of hydrogen-bond acceptors (Lipinski definition) is 5. The Morgan fingerprint density at radius 1 is 0.952 bits per heavy atom. The first kappa shape index (κ1) is 32.9. The van der Waals surface area contributed by atoms with Crippen LogP contribution in [0, 0.1) is 6.92 Å². The Balaban J connectivity index is 2.03. The molecule has 3 rings (SSSR count). The van der Waals surface area contributed by atoms with Crippen molar-refractivity contribution in [2.24, 2.45) is 0 Å². The molecule has 1 N–H and O–H groups in total. The number of rotatable bonds is 15. The summed E-state index contributed by atoms with van der Waals surface area (Å²) in [5.74, 6) is -0.273. The number of sulfonamides is 1. The highest BCUT2D eigenvalue weighted by atomic mass is 35.5. The van der Waals surface area contributed by atoms with Crippen LogP contribution in [0.1, 0.15) is 51.2 Å². The molecule has 0 saturated heterocycles. The molecule has 1 unspecified atom stereocenters. The summed E-state index contributed by atoms with van der Waals surface area (Å²) in [6.07, 6.45) is 2.06. The van der Waals surface area contributed by atoms with Crippen molar-refractivity contribution in [2.45, 2.75) is 64.4 Å². The van der Waals surface area contributed by atoms with Gasteiger partial charge in [0.1, 0.15) is 18.3 Å². The van der Waals surface area contributed by atoms with Crippen LogP contribution in [0.15, 0.2) is 77.7 Å². The van der Waals surface area contributed by atoms with Crippen molar-refractivity contribution in [1.29, 1.82) is 0 Å². The zero-order valence-electron chi connectivity index (χ0n) is 24.7. The lowest BCUT2D eigenvalue weighted by molar-refractivity contribution is -0.140. The number of ether oxygens (including phenoxy) is 1. The Morgan fingerprint density at radius 3 is 2.21 bits per heavy atom. The van der Waals surface area contributed by atoms with Crippen LogP contribution >= 0.6 is 11.6 Å². The summed E-state index contributed by atoms with van der Waals surface area (Å²) in [5.41, 5.74) is 1.93. The molecule has 0 bridgehead atoms. The second-order valence-electron chi connectivity index (χ2n) is 9.93. The third-order valence-corrected chi connectivity index (χ3v) is 8.99. The predicted molar refractivity (Wildman–Crippen MR) is 167 cm³/mol. The normalized spacial score (nSPS) is 11.9. The lowest BCUT2D eigenvalue weighted by Crippen LogP contribution is -2.52. The molecule has 10 heteroatoms. The molecule has 0 fully saturated rings. The minimum Gasteiger partial charge on any atom is -0.494 e. The molecular weight excluding hydrogens is 574 g/mol. The van der Waals surface area contributed by atoms with Gasteiger partial charge in [0, 0.05) is 18.1 Å². The van der Waals surface area contributed by atoms with Crippen LogP contribution in [0.5, 0.6) is 5.75 Å². The summed E-state index contributed by atoms with van der Waals surface area (Å²) >= 11 is 6.45. The van der Waals surface area contributed by atoms with E-state index in [2.05, 4.69) is 5.32 Å². The number of hydrogen-bond donors (Lipinski definition) is 1. The summed E-state index contributed by atoms with van der Waals surface area (Å²) < 4.78 is 34.6. The van der Waals surface area contributed by atoms with Crippen LogP contribution in [0.4, 0.5) is 5.69 Å². The zero-order chi connectivity index (χ0) is 30.7. The highest BCUT2D eigenvalue weighted by Crippen LogP contribution is 2.27. The van der Waals surface area contributed by atoms with Gasteiger partial charge in [0.15, 0.2) is 0 Å². The van der Waals surface area contributed by atoms with Gasteiger partial charge in [-0.2, -0.15) is 0 Å². The fourth-order valence-corrected chi connectivity index (χ4v) is 6.09. The molecular formula is C32H40ClN3O5S. The zero-order valence-corrected chi connectivity index (χ0v) is 26.2. The first-order chi connectivity index (χ1) is 20.1. The number of aryl methyl sites for hydroxylation is 1. The molecule has 3 aromatic carbocycles. The van der Waals surface area contributed by atoms with Crippen molar-refractivity contribution in [2.75, 3.05) is 24.0 Å². The molecule has 8 nitrogen and oxygen atoms in total. The van der Waals surface area contributed by atoms with Gasteiger partial charge < -0.3 is 15.0 Å². The number of nitrogens with zero attached hydrogens (tertiary/aromatic N) is 2. The topological polar surface area (TPSA) is 96.0 Å². The number of unbranched alkanes of at least 4 members (excludes halogenated alkanes) is 1. The third kappa shape index (κ3) is 8.49. The van der Waals surface area contributed by atoms with E-state index in [0.717, 1.165) is 22.7 Å². The highest BCUT2D eigenvalue weighted by Gasteiger charge is 2.34. The van der Waals surface area contributed by atoms with E-state index in [1.54, 1.807) is 60.7 Å². The molecule has 3 aromatic rings. The Kier molecular flexibility index (Phi) is 12.2. The van der Waals surface area contributed by atoms with Gasteiger partial charge in [-0.1, -0.05) is 67.8 Å². The molecule has 1 atom stereocenters. The van der Waals surface area contributed by atoms with Crippen LogP contribution in [-0.4, -0.2) is 50.9 Å². The molecule has 0 spiro atoms. The number of carbonyl (C=O) groups is 2. The molecule has 0 aliphatic heterocycles.